The summed E-state index contributed by atoms with van der Waals surface area (Å²) in [6, 6.07) is 7.31. The van der Waals surface area contributed by atoms with E-state index in [0.717, 1.165) is 0 Å². The molecule has 108 valence electrons. The molecule has 1 saturated heterocycles. The minimum Gasteiger partial charge on any atom is -0.480 e. The molecule has 1 unspecified atom stereocenters. The van der Waals surface area contributed by atoms with Crippen LogP contribution in [0.2, 0.25) is 0 Å². The summed E-state index contributed by atoms with van der Waals surface area (Å²) in [5, 5.41) is 8.94. The molecule has 1 amide bonds. The Morgan fingerprint density at radius 2 is 1.95 bits per heavy atom. The van der Waals surface area contributed by atoms with Crippen LogP contribution in [0.4, 0.5) is 4.79 Å². The number of rotatable bonds is 3. The molecule has 1 N–H and O–H groups in total. The molecular weight excluding hydrogens is 286 g/mol. The van der Waals surface area contributed by atoms with Crippen LogP contribution in [0.15, 0.2) is 30.3 Å². The number of hydrogen-bond acceptors (Lipinski definition) is 5. The normalized spacial score (nSPS) is 20.6. The van der Waals surface area contributed by atoms with Crippen molar-refractivity contribution in [1.29, 1.82) is 0 Å². The summed E-state index contributed by atoms with van der Waals surface area (Å²) >= 11 is 0. The van der Waals surface area contributed by atoms with Crippen LogP contribution in [0.1, 0.15) is 12.0 Å². The Labute approximate surface area is 115 Å². The van der Waals surface area contributed by atoms with Gasteiger partial charge in [0.1, 0.15) is 12.6 Å². The van der Waals surface area contributed by atoms with Crippen molar-refractivity contribution in [2.45, 2.75) is 19.1 Å². The maximum atomic E-state index is 11.8. The van der Waals surface area contributed by atoms with E-state index in [-0.39, 0.29) is 18.8 Å². The molecule has 1 aromatic rings. The van der Waals surface area contributed by atoms with Crippen LogP contribution in [-0.4, -0.2) is 41.7 Å². The lowest BCUT2D eigenvalue weighted by atomic mass is 10.2. The number of aliphatic carboxylic acids is 1. The molecule has 1 atom stereocenters. The summed E-state index contributed by atoms with van der Waals surface area (Å²) < 4.78 is 28.6. The highest BCUT2D eigenvalue weighted by atomic mass is 32.2. The van der Waals surface area contributed by atoms with E-state index in [2.05, 4.69) is 0 Å². The van der Waals surface area contributed by atoms with E-state index in [1.807, 2.05) is 0 Å². The van der Waals surface area contributed by atoms with Crippen molar-refractivity contribution in [2.24, 2.45) is 0 Å². The molecule has 1 aromatic carbocycles. The lowest BCUT2D eigenvalue weighted by Crippen LogP contribution is -2.43. The molecule has 0 radical (unpaired) electrons. The molecule has 7 nitrogen and oxygen atoms in total. The van der Waals surface area contributed by atoms with Gasteiger partial charge in [-0.25, -0.2) is 18.0 Å². The fourth-order valence-electron chi connectivity index (χ4n) is 1.92. The fourth-order valence-corrected chi connectivity index (χ4v) is 3.50. The molecule has 0 bridgehead atoms. The highest BCUT2D eigenvalue weighted by Gasteiger charge is 2.45. The number of hydrogen-bond donors (Lipinski definition) is 1. The lowest BCUT2D eigenvalue weighted by molar-refractivity contribution is -0.140. The number of carboxylic acids is 1. The fraction of sp³-hybridized carbons (Fsp3) is 0.333. The SMILES string of the molecule is O=C(O)C1CCS(=O)(=O)N1C(=O)OCc1ccccc1. The third kappa shape index (κ3) is 2.90. The maximum Gasteiger partial charge on any atom is 0.424 e. The van der Waals surface area contributed by atoms with Gasteiger partial charge in [0, 0.05) is 0 Å². The van der Waals surface area contributed by atoms with Gasteiger partial charge >= 0.3 is 12.1 Å². The molecule has 1 fully saturated rings. The Morgan fingerprint density at radius 3 is 2.55 bits per heavy atom. The van der Waals surface area contributed by atoms with Crippen molar-refractivity contribution in [3.63, 3.8) is 0 Å². The first-order chi connectivity index (χ1) is 9.42. The molecule has 8 heteroatoms. The molecule has 1 heterocycles. The Hall–Kier alpha value is -2.09. The van der Waals surface area contributed by atoms with Crippen LogP contribution in [0.5, 0.6) is 0 Å². The first kappa shape index (κ1) is 14.3. The minimum absolute atomic E-state index is 0.113. The van der Waals surface area contributed by atoms with Crippen LogP contribution >= 0.6 is 0 Å². The predicted molar refractivity (Wildman–Crippen MR) is 68.3 cm³/mol. The van der Waals surface area contributed by atoms with E-state index in [1.165, 1.54) is 0 Å². The summed E-state index contributed by atoms with van der Waals surface area (Å²) in [6.07, 6.45) is -1.28. The number of carboxylic acid groups (broad SMARTS) is 1. The minimum atomic E-state index is -3.91. The Kier molecular flexibility index (Phi) is 3.93. The topological polar surface area (TPSA) is 101 Å². The van der Waals surface area contributed by atoms with Gasteiger partial charge in [0.05, 0.1) is 5.75 Å². The average molecular weight is 299 g/mol. The third-order valence-corrected chi connectivity index (χ3v) is 4.66. The van der Waals surface area contributed by atoms with Crippen molar-refractivity contribution in [3.8, 4) is 0 Å². The van der Waals surface area contributed by atoms with Gasteiger partial charge in [-0.1, -0.05) is 30.3 Å². The summed E-state index contributed by atoms with van der Waals surface area (Å²) in [4.78, 5) is 22.8. The van der Waals surface area contributed by atoms with Crippen molar-refractivity contribution < 1.29 is 27.9 Å². The number of nitrogens with zero attached hydrogens (tertiary/aromatic N) is 1. The number of carbonyl (C=O) groups is 2. The first-order valence-electron chi connectivity index (χ1n) is 5.87. The van der Waals surface area contributed by atoms with Crippen LogP contribution in [0.25, 0.3) is 0 Å². The second-order valence-corrected chi connectivity index (χ2v) is 6.26. The number of carbonyl (C=O) groups excluding carboxylic acids is 1. The van der Waals surface area contributed by atoms with Crippen molar-refractivity contribution in [3.05, 3.63) is 35.9 Å². The van der Waals surface area contributed by atoms with Crippen molar-refractivity contribution >= 4 is 22.1 Å². The first-order valence-corrected chi connectivity index (χ1v) is 7.48. The van der Waals surface area contributed by atoms with Gasteiger partial charge in [-0.2, -0.15) is 4.31 Å². The highest BCUT2D eigenvalue weighted by molar-refractivity contribution is 7.89. The molecule has 0 spiro atoms. The molecule has 0 aliphatic carbocycles. The van der Waals surface area contributed by atoms with Crippen LogP contribution in [0, 0.1) is 0 Å². The van der Waals surface area contributed by atoms with E-state index in [1.54, 1.807) is 30.3 Å². The van der Waals surface area contributed by atoms with E-state index in [4.69, 9.17) is 9.84 Å². The summed E-state index contributed by atoms with van der Waals surface area (Å²) in [7, 11) is -3.91. The van der Waals surface area contributed by atoms with Crippen LogP contribution in [-0.2, 0) is 26.2 Å². The average Bonchev–Trinajstić information content (AvgIpc) is 2.73. The number of benzene rings is 1. The second-order valence-electron chi connectivity index (χ2n) is 4.29. The van der Waals surface area contributed by atoms with Gasteiger partial charge in [-0.3, -0.25) is 0 Å². The summed E-state index contributed by atoms with van der Waals surface area (Å²) in [5.41, 5.74) is 0.685. The van der Waals surface area contributed by atoms with Crippen molar-refractivity contribution in [1.82, 2.24) is 4.31 Å². The summed E-state index contributed by atoms with van der Waals surface area (Å²) in [5.74, 6) is -1.73. The summed E-state index contributed by atoms with van der Waals surface area (Å²) in [6.45, 7) is -0.113. The zero-order valence-electron chi connectivity index (χ0n) is 10.4. The predicted octanol–water partition coefficient (Wildman–Crippen LogP) is 0.812. The third-order valence-electron chi connectivity index (χ3n) is 2.90. The van der Waals surface area contributed by atoms with Gasteiger partial charge in [0.2, 0.25) is 10.0 Å². The number of amides is 1. The van der Waals surface area contributed by atoms with Gasteiger partial charge < -0.3 is 9.84 Å². The van der Waals surface area contributed by atoms with E-state index >= 15 is 0 Å². The number of ether oxygens (including phenoxy) is 1. The van der Waals surface area contributed by atoms with Gasteiger partial charge in [-0.05, 0) is 12.0 Å². The molecule has 0 saturated carbocycles. The maximum absolute atomic E-state index is 11.8. The molecule has 1 aliphatic heterocycles. The van der Waals surface area contributed by atoms with E-state index in [9.17, 15) is 18.0 Å². The van der Waals surface area contributed by atoms with E-state index < -0.39 is 28.1 Å². The highest BCUT2D eigenvalue weighted by Crippen LogP contribution is 2.23. The Balaban J connectivity index is 2.09. The standard InChI is InChI=1S/C12H13NO6S/c14-11(15)10-6-7-20(17,18)13(10)12(16)19-8-9-4-2-1-3-5-9/h1-5,10H,6-8H2,(H,14,15). The molecule has 20 heavy (non-hydrogen) atoms. The van der Waals surface area contributed by atoms with Gasteiger partial charge in [0.25, 0.3) is 0 Å². The van der Waals surface area contributed by atoms with Gasteiger partial charge in [0.15, 0.2) is 0 Å². The second kappa shape index (κ2) is 5.49. The van der Waals surface area contributed by atoms with Crippen LogP contribution in [0.3, 0.4) is 0 Å². The lowest BCUT2D eigenvalue weighted by Gasteiger charge is -2.19. The molecule has 1 aliphatic rings. The molecule has 2 rings (SSSR count). The van der Waals surface area contributed by atoms with Gasteiger partial charge in [-0.15, -0.1) is 0 Å². The molecular formula is C12H13NO6S. The van der Waals surface area contributed by atoms with E-state index in [0.29, 0.717) is 9.87 Å². The largest absolute Gasteiger partial charge is 0.480 e. The zero-order valence-corrected chi connectivity index (χ0v) is 11.2. The Morgan fingerprint density at radius 1 is 1.30 bits per heavy atom. The number of sulfonamides is 1. The molecule has 0 aromatic heterocycles. The quantitative estimate of drug-likeness (QED) is 0.886. The Bertz CT molecular complexity index is 612. The zero-order chi connectivity index (χ0) is 14.8. The monoisotopic (exact) mass is 299 g/mol. The van der Waals surface area contributed by atoms with Crippen LogP contribution < -0.4 is 0 Å². The van der Waals surface area contributed by atoms with Crippen molar-refractivity contribution in [2.75, 3.05) is 5.75 Å². The smallest absolute Gasteiger partial charge is 0.424 e.